The van der Waals surface area contributed by atoms with Crippen LogP contribution in [0.2, 0.25) is 0 Å². The second kappa shape index (κ2) is 3.93. The molecular weight excluding hydrogens is 166 g/mol. The largest absolute Gasteiger partial charge is 0.393 e. The Bertz CT molecular complexity index is 145. The maximum atomic E-state index is 10.6. The molecule has 0 atom stereocenters. The van der Waals surface area contributed by atoms with E-state index < -0.39 is 0 Å². The number of carbonyl (C=O) groups excluding carboxylic acids is 1. The maximum absolute atomic E-state index is 10.6. The molecule has 0 aliphatic heterocycles. The lowest BCUT2D eigenvalue weighted by atomic mass is 9.82. The van der Waals surface area contributed by atoms with Crippen molar-refractivity contribution in [2.24, 2.45) is 5.92 Å². The first-order valence-electron chi connectivity index (χ1n) is 3.73. The zero-order valence-corrected chi connectivity index (χ0v) is 6.97. The van der Waals surface area contributed by atoms with Crippen molar-refractivity contribution in [2.45, 2.75) is 18.9 Å². The molecule has 1 rings (SSSR count). The molecule has 0 aromatic heterocycles. The molecule has 1 aliphatic rings. The monoisotopic (exact) mass is 177 g/mol. The highest BCUT2D eigenvalue weighted by atomic mass is 35.5. The highest BCUT2D eigenvalue weighted by molar-refractivity contribution is 6.27. The van der Waals surface area contributed by atoms with Crippen LogP contribution in [-0.4, -0.2) is 29.5 Å². The third-order valence-electron chi connectivity index (χ3n) is 1.92. The summed E-state index contributed by atoms with van der Waals surface area (Å²) in [5.74, 6) is 0.347. The van der Waals surface area contributed by atoms with E-state index in [1.165, 1.54) is 0 Å². The molecule has 1 saturated carbocycles. The van der Waals surface area contributed by atoms with Gasteiger partial charge in [-0.05, 0) is 18.8 Å². The molecule has 0 spiro atoms. The molecule has 0 heterocycles. The first-order valence-corrected chi connectivity index (χ1v) is 4.26. The van der Waals surface area contributed by atoms with E-state index in [2.05, 4.69) is 5.32 Å². The van der Waals surface area contributed by atoms with Gasteiger partial charge in [0.05, 0.1) is 6.10 Å². The van der Waals surface area contributed by atoms with Crippen LogP contribution in [-0.2, 0) is 4.79 Å². The Morgan fingerprint density at radius 3 is 2.73 bits per heavy atom. The lowest BCUT2D eigenvalue weighted by Crippen LogP contribution is -2.38. The van der Waals surface area contributed by atoms with Crippen molar-refractivity contribution in [3.05, 3.63) is 0 Å². The Morgan fingerprint density at radius 1 is 1.64 bits per heavy atom. The Balaban J connectivity index is 2.00. The summed E-state index contributed by atoms with van der Waals surface area (Å²) in [6.07, 6.45) is 1.47. The molecule has 4 heteroatoms. The molecule has 1 aliphatic carbocycles. The van der Waals surface area contributed by atoms with Crippen LogP contribution in [0.1, 0.15) is 12.8 Å². The molecule has 0 bridgehead atoms. The van der Waals surface area contributed by atoms with Gasteiger partial charge in [0, 0.05) is 6.54 Å². The van der Waals surface area contributed by atoms with Gasteiger partial charge in [0.1, 0.15) is 5.88 Å². The summed E-state index contributed by atoms with van der Waals surface area (Å²) in [5.41, 5.74) is 0. The van der Waals surface area contributed by atoms with Crippen molar-refractivity contribution < 1.29 is 9.90 Å². The zero-order chi connectivity index (χ0) is 8.27. The van der Waals surface area contributed by atoms with Crippen molar-refractivity contribution in [1.29, 1.82) is 0 Å². The van der Waals surface area contributed by atoms with E-state index in [0.717, 1.165) is 12.8 Å². The minimum Gasteiger partial charge on any atom is -0.393 e. The molecule has 64 valence electrons. The zero-order valence-electron chi connectivity index (χ0n) is 6.22. The van der Waals surface area contributed by atoms with Crippen molar-refractivity contribution in [2.75, 3.05) is 12.4 Å². The van der Waals surface area contributed by atoms with E-state index in [0.29, 0.717) is 12.5 Å². The predicted molar refractivity (Wildman–Crippen MR) is 42.5 cm³/mol. The highest BCUT2D eigenvalue weighted by Gasteiger charge is 2.26. The van der Waals surface area contributed by atoms with Gasteiger partial charge in [0.2, 0.25) is 5.91 Å². The molecule has 11 heavy (non-hydrogen) atoms. The maximum Gasteiger partial charge on any atom is 0.234 e. The second-order valence-electron chi connectivity index (χ2n) is 2.93. The minimum atomic E-state index is -0.145. The van der Waals surface area contributed by atoms with Gasteiger partial charge in [-0.2, -0.15) is 0 Å². The van der Waals surface area contributed by atoms with Crippen molar-refractivity contribution in [3.63, 3.8) is 0 Å². The second-order valence-corrected chi connectivity index (χ2v) is 3.20. The number of carbonyl (C=O) groups is 1. The quantitative estimate of drug-likeness (QED) is 0.602. The number of rotatable bonds is 3. The fraction of sp³-hybridized carbons (Fsp3) is 0.857. The lowest BCUT2D eigenvalue weighted by Gasteiger charge is -2.31. The van der Waals surface area contributed by atoms with Crippen LogP contribution in [0.15, 0.2) is 0 Å². The van der Waals surface area contributed by atoms with Crippen LogP contribution < -0.4 is 5.32 Å². The molecule has 0 aromatic carbocycles. The normalized spacial score (nSPS) is 29.3. The van der Waals surface area contributed by atoms with E-state index in [-0.39, 0.29) is 17.9 Å². The Labute approximate surface area is 70.7 Å². The Kier molecular flexibility index (Phi) is 3.15. The van der Waals surface area contributed by atoms with Crippen LogP contribution >= 0.6 is 11.6 Å². The summed E-state index contributed by atoms with van der Waals surface area (Å²) in [5, 5.41) is 11.6. The Hall–Kier alpha value is -0.280. The average Bonchev–Trinajstić information content (AvgIpc) is 1.95. The van der Waals surface area contributed by atoms with Crippen molar-refractivity contribution in [3.8, 4) is 0 Å². The lowest BCUT2D eigenvalue weighted by molar-refractivity contribution is -0.119. The molecule has 0 saturated heterocycles. The van der Waals surface area contributed by atoms with E-state index in [9.17, 15) is 4.79 Å². The first kappa shape index (κ1) is 8.81. The van der Waals surface area contributed by atoms with Crippen LogP contribution in [0.25, 0.3) is 0 Å². The molecule has 0 aromatic rings. The number of aliphatic hydroxyl groups is 1. The number of hydrogen-bond donors (Lipinski definition) is 2. The van der Waals surface area contributed by atoms with Gasteiger partial charge in [-0.1, -0.05) is 0 Å². The molecule has 1 fully saturated rings. The van der Waals surface area contributed by atoms with Gasteiger partial charge in [-0.15, -0.1) is 11.6 Å². The highest BCUT2D eigenvalue weighted by Crippen LogP contribution is 2.25. The first-order chi connectivity index (χ1) is 5.22. The van der Waals surface area contributed by atoms with Crippen molar-refractivity contribution >= 4 is 17.5 Å². The van der Waals surface area contributed by atoms with Crippen molar-refractivity contribution in [1.82, 2.24) is 5.32 Å². The fourth-order valence-corrected chi connectivity index (χ4v) is 1.27. The van der Waals surface area contributed by atoms with E-state index in [1.807, 2.05) is 0 Å². The molecular formula is C7H12ClNO2. The Morgan fingerprint density at radius 2 is 2.27 bits per heavy atom. The number of halogens is 1. The summed E-state index contributed by atoms with van der Waals surface area (Å²) >= 11 is 5.26. The summed E-state index contributed by atoms with van der Waals surface area (Å²) in [4.78, 5) is 10.6. The summed E-state index contributed by atoms with van der Waals surface area (Å²) in [6, 6.07) is 0. The topological polar surface area (TPSA) is 49.3 Å². The molecule has 2 N–H and O–H groups in total. The van der Waals surface area contributed by atoms with Gasteiger partial charge in [-0.3, -0.25) is 4.79 Å². The summed E-state index contributed by atoms with van der Waals surface area (Å²) in [6.45, 7) is 0.655. The standard InChI is InChI=1S/C7H12ClNO2/c8-3-7(11)9-4-5-1-6(10)2-5/h5-6,10H,1-4H2,(H,9,11). The number of hydrogen-bond acceptors (Lipinski definition) is 2. The summed E-state index contributed by atoms with van der Waals surface area (Å²) in [7, 11) is 0. The predicted octanol–water partition coefficient (Wildman–Crippen LogP) is 0.112. The molecule has 1 amide bonds. The van der Waals surface area contributed by atoms with Crippen LogP contribution in [0.5, 0.6) is 0 Å². The number of aliphatic hydroxyl groups excluding tert-OH is 1. The van der Waals surface area contributed by atoms with Gasteiger partial charge < -0.3 is 10.4 Å². The molecule has 3 nitrogen and oxygen atoms in total. The third kappa shape index (κ3) is 2.67. The van der Waals surface area contributed by atoms with E-state index in [4.69, 9.17) is 16.7 Å². The van der Waals surface area contributed by atoms with Gasteiger partial charge in [0.25, 0.3) is 0 Å². The summed E-state index contributed by atoms with van der Waals surface area (Å²) < 4.78 is 0. The van der Waals surface area contributed by atoms with Crippen LogP contribution in [0.4, 0.5) is 0 Å². The number of alkyl halides is 1. The molecule has 0 unspecified atom stereocenters. The van der Waals surface area contributed by atoms with Crippen LogP contribution in [0.3, 0.4) is 0 Å². The van der Waals surface area contributed by atoms with E-state index in [1.54, 1.807) is 0 Å². The van der Waals surface area contributed by atoms with Crippen LogP contribution in [0, 0.1) is 5.92 Å². The minimum absolute atomic E-state index is 0.0231. The average molecular weight is 178 g/mol. The smallest absolute Gasteiger partial charge is 0.234 e. The van der Waals surface area contributed by atoms with Gasteiger partial charge in [0.15, 0.2) is 0 Å². The molecule has 0 radical (unpaired) electrons. The number of nitrogens with one attached hydrogen (secondary N) is 1. The fourth-order valence-electron chi connectivity index (χ4n) is 1.17. The van der Waals surface area contributed by atoms with Gasteiger partial charge >= 0.3 is 0 Å². The van der Waals surface area contributed by atoms with E-state index >= 15 is 0 Å². The SMILES string of the molecule is O=C(CCl)NCC1CC(O)C1. The van der Waals surface area contributed by atoms with Gasteiger partial charge in [-0.25, -0.2) is 0 Å². The third-order valence-corrected chi connectivity index (χ3v) is 2.16. The number of amides is 1.